The SMILES string of the molecule is Cc1cc(Cl)cnc1OC(C)C1CCNC1. The largest absolute Gasteiger partial charge is 0.474 e. The van der Waals surface area contributed by atoms with Gasteiger partial charge in [0.2, 0.25) is 5.88 Å². The lowest BCUT2D eigenvalue weighted by Crippen LogP contribution is -2.26. The van der Waals surface area contributed by atoms with Gasteiger partial charge in [-0.1, -0.05) is 11.6 Å². The van der Waals surface area contributed by atoms with E-state index in [9.17, 15) is 0 Å². The quantitative estimate of drug-likeness (QED) is 0.881. The van der Waals surface area contributed by atoms with Crippen molar-refractivity contribution < 1.29 is 4.74 Å². The van der Waals surface area contributed by atoms with Gasteiger partial charge in [-0.3, -0.25) is 0 Å². The summed E-state index contributed by atoms with van der Waals surface area (Å²) < 4.78 is 5.87. The number of pyridine rings is 1. The predicted molar refractivity (Wildman–Crippen MR) is 65.1 cm³/mol. The maximum Gasteiger partial charge on any atom is 0.216 e. The summed E-state index contributed by atoms with van der Waals surface area (Å²) in [6.07, 6.45) is 3.00. The smallest absolute Gasteiger partial charge is 0.216 e. The zero-order valence-corrected chi connectivity index (χ0v) is 10.4. The standard InChI is InChI=1S/C12H17ClN2O/c1-8-5-11(13)7-15-12(8)16-9(2)10-3-4-14-6-10/h5,7,9-10,14H,3-4,6H2,1-2H3. The van der Waals surface area contributed by atoms with Gasteiger partial charge >= 0.3 is 0 Å². The number of aromatic nitrogens is 1. The van der Waals surface area contributed by atoms with Crippen molar-refractivity contribution >= 4 is 11.6 Å². The lowest BCUT2D eigenvalue weighted by Gasteiger charge is -2.20. The summed E-state index contributed by atoms with van der Waals surface area (Å²) >= 11 is 5.85. The van der Waals surface area contributed by atoms with Gasteiger partial charge in [0, 0.05) is 24.2 Å². The fourth-order valence-corrected chi connectivity index (χ4v) is 2.21. The maximum atomic E-state index is 5.87. The first-order valence-electron chi connectivity index (χ1n) is 5.66. The lowest BCUT2D eigenvalue weighted by atomic mass is 10.0. The van der Waals surface area contributed by atoms with Crippen LogP contribution in [0.15, 0.2) is 12.3 Å². The third kappa shape index (κ3) is 2.66. The Morgan fingerprint density at radius 1 is 1.62 bits per heavy atom. The van der Waals surface area contributed by atoms with Crippen molar-refractivity contribution in [3.8, 4) is 5.88 Å². The summed E-state index contributed by atoms with van der Waals surface area (Å²) in [6.45, 7) is 6.19. The highest BCUT2D eigenvalue weighted by molar-refractivity contribution is 6.30. The predicted octanol–water partition coefficient (Wildman–Crippen LogP) is 2.42. The second-order valence-corrected chi connectivity index (χ2v) is 4.79. The van der Waals surface area contributed by atoms with Crippen LogP contribution in [0.5, 0.6) is 5.88 Å². The first-order valence-corrected chi connectivity index (χ1v) is 6.04. The number of hydrogen-bond acceptors (Lipinski definition) is 3. The fraction of sp³-hybridized carbons (Fsp3) is 0.583. The molecule has 2 atom stereocenters. The van der Waals surface area contributed by atoms with E-state index in [1.165, 1.54) is 6.42 Å². The summed E-state index contributed by atoms with van der Waals surface area (Å²) in [6, 6.07) is 1.88. The molecule has 1 aromatic heterocycles. The molecule has 1 N–H and O–H groups in total. The Bertz CT molecular complexity index is 364. The molecular formula is C12H17ClN2O. The van der Waals surface area contributed by atoms with Crippen LogP contribution >= 0.6 is 11.6 Å². The molecule has 0 bridgehead atoms. The van der Waals surface area contributed by atoms with Crippen molar-refractivity contribution in [3.05, 3.63) is 22.8 Å². The van der Waals surface area contributed by atoms with Crippen molar-refractivity contribution in [1.82, 2.24) is 10.3 Å². The van der Waals surface area contributed by atoms with Crippen molar-refractivity contribution in [2.45, 2.75) is 26.4 Å². The van der Waals surface area contributed by atoms with E-state index in [4.69, 9.17) is 16.3 Å². The molecule has 1 aliphatic rings. The molecule has 88 valence electrons. The van der Waals surface area contributed by atoms with Gasteiger partial charge in [-0.25, -0.2) is 4.98 Å². The zero-order chi connectivity index (χ0) is 11.5. The molecule has 3 nitrogen and oxygen atoms in total. The maximum absolute atomic E-state index is 5.87. The summed E-state index contributed by atoms with van der Waals surface area (Å²) in [7, 11) is 0. The summed E-state index contributed by atoms with van der Waals surface area (Å²) in [5, 5.41) is 3.99. The number of halogens is 1. The van der Waals surface area contributed by atoms with Crippen molar-refractivity contribution in [2.24, 2.45) is 5.92 Å². The Morgan fingerprint density at radius 3 is 3.06 bits per heavy atom. The number of nitrogens with zero attached hydrogens (tertiary/aromatic N) is 1. The van der Waals surface area contributed by atoms with Crippen LogP contribution in [-0.4, -0.2) is 24.2 Å². The highest BCUT2D eigenvalue weighted by atomic mass is 35.5. The van der Waals surface area contributed by atoms with Gasteiger partial charge in [0.1, 0.15) is 6.10 Å². The van der Waals surface area contributed by atoms with Gasteiger partial charge in [0.05, 0.1) is 5.02 Å². The van der Waals surface area contributed by atoms with E-state index in [1.807, 2.05) is 13.0 Å². The molecule has 0 saturated carbocycles. The monoisotopic (exact) mass is 240 g/mol. The molecule has 2 rings (SSSR count). The topological polar surface area (TPSA) is 34.1 Å². The van der Waals surface area contributed by atoms with Crippen LogP contribution in [0.3, 0.4) is 0 Å². The van der Waals surface area contributed by atoms with Gasteiger partial charge in [0.15, 0.2) is 0 Å². The first-order chi connectivity index (χ1) is 7.66. The Labute approximate surface area is 101 Å². The molecule has 1 fully saturated rings. The average Bonchev–Trinajstić information content (AvgIpc) is 2.75. The third-order valence-electron chi connectivity index (χ3n) is 3.06. The Balaban J connectivity index is 2.02. The van der Waals surface area contributed by atoms with E-state index >= 15 is 0 Å². The molecule has 16 heavy (non-hydrogen) atoms. The zero-order valence-electron chi connectivity index (χ0n) is 9.66. The van der Waals surface area contributed by atoms with Gasteiger partial charge in [0.25, 0.3) is 0 Å². The molecule has 2 unspecified atom stereocenters. The van der Waals surface area contributed by atoms with E-state index < -0.39 is 0 Å². The van der Waals surface area contributed by atoms with Crippen LogP contribution in [0.2, 0.25) is 5.02 Å². The van der Waals surface area contributed by atoms with Crippen LogP contribution in [-0.2, 0) is 0 Å². The Kier molecular flexibility index (Phi) is 3.66. The van der Waals surface area contributed by atoms with Crippen LogP contribution in [0, 0.1) is 12.8 Å². The minimum Gasteiger partial charge on any atom is -0.474 e. The van der Waals surface area contributed by atoms with E-state index in [0.717, 1.165) is 18.7 Å². The normalized spacial score (nSPS) is 22.1. The fourth-order valence-electron chi connectivity index (χ4n) is 2.00. The number of hydrogen-bond donors (Lipinski definition) is 1. The van der Waals surface area contributed by atoms with E-state index in [-0.39, 0.29) is 6.10 Å². The molecule has 0 amide bonds. The first kappa shape index (κ1) is 11.7. The van der Waals surface area contributed by atoms with E-state index in [2.05, 4.69) is 17.2 Å². The molecule has 0 aromatic carbocycles. The third-order valence-corrected chi connectivity index (χ3v) is 3.26. The van der Waals surface area contributed by atoms with Crippen LogP contribution in [0.25, 0.3) is 0 Å². The Morgan fingerprint density at radius 2 is 2.44 bits per heavy atom. The number of nitrogens with one attached hydrogen (secondary N) is 1. The van der Waals surface area contributed by atoms with Gasteiger partial charge in [-0.2, -0.15) is 0 Å². The second kappa shape index (κ2) is 5.02. The molecular weight excluding hydrogens is 224 g/mol. The highest BCUT2D eigenvalue weighted by Gasteiger charge is 2.23. The summed E-state index contributed by atoms with van der Waals surface area (Å²) in [5.74, 6) is 1.28. The highest BCUT2D eigenvalue weighted by Crippen LogP contribution is 2.22. The average molecular weight is 241 g/mol. The molecule has 1 aromatic rings. The van der Waals surface area contributed by atoms with Crippen LogP contribution < -0.4 is 10.1 Å². The minimum absolute atomic E-state index is 0.197. The molecule has 0 aliphatic carbocycles. The van der Waals surface area contributed by atoms with E-state index in [0.29, 0.717) is 16.8 Å². The molecule has 1 aliphatic heterocycles. The van der Waals surface area contributed by atoms with Crippen molar-refractivity contribution in [3.63, 3.8) is 0 Å². The van der Waals surface area contributed by atoms with Crippen LogP contribution in [0.1, 0.15) is 18.9 Å². The number of aryl methyl sites for hydroxylation is 1. The summed E-state index contributed by atoms with van der Waals surface area (Å²) in [5.41, 5.74) is 0.991. The molecule has 0 spiro atoms. The lowest BCUT2D eigenvalue weighted by molar-refractivity contribution is 0.153. The van der Waals surface area contributed by atoms with Gasteiger partial charge in [-0.15, -0.1) is 0 Å². The van der Waals surface area contributed by atoms with Gasteiger partial charge < -0.3 is 10.1 Å². The number of rotatable bonds is 3. The van der Waals surface area contributed by atoms with Crippen molar-refractivity contribution in [2.75, 3.05) is 13.1 Å². The van der Waals surface area contributed by atoms with Gasteiger partial charge in [-0.05, 0) is 32.9 Å². The second-order valence-electron chi connectivity index (χ2n) is 4.35. The van der Waals surface area contributed by atoms with Crippen molar-refractivity contribution in [1.29, 1.82) is 0 Å². The molecule has 4 heteroatoms. The molecule has 1 saturated heterocycles. The van der Waals surface area contributed by atoms with Crippen LogP contribution in [0.4, 0.5) is 0 Å². The minimum atomic E-state index is 0.197. The number of ether oxygens (including phenoxy) is 1. The molecule has 2 heterocycles. The molecule has 0 radical (unpaired) electrons. The Hall–Kier alpha value is -0.800. The van der Waals surface area contributed by atoms with E-state index in [1.54, 1.807) is 6.20 Å². The summed E-state index contributed by atoms with van der Waals surface area (Å²) in [4.78, 5) is 4.21.